The molecule has 1 aromatic carbocycles. The quantitative estimate of drug-likeness (QED) is 0.493. The van der Waals surface area contributed by atoms with E-state index >= 15 is 0 Å². The lowest BCUT2D eigenvalue weighted by molar-refractivity contribution is 0.146. The van der Waals surface area contributed by atoms with Gasteiger partial charge in [-0.15, -0.1) is 0 Å². The van der Waals surface area contributed by atoms with Crippen LogP contribution in [0.15, 0.2) is 52.1 Å². The first-order chi connectivity index (χ1) is 14.4. The Hall–Kier alpha value is -2.32. The third-order valence-corrected chi connectivity index (χ3v) is 6.16. The number of aliphatic imine (C=N–C) groups is 1. The van der Waals surface area contributed by atoms with Crippen LogP contribution in [0.4, 0.5) is 0 Å². The molecule has 164 valence electrons. The Balaban J connectivity index is 1.54. The van der Waals surface area contributed by atoms with Gasteiger partial charge in [0.25, 0.3) is 0 Å². The number of sulfone groups is 1. The van der Waals surface area contributed by atoms with Gasteiger partial charge in [0.2, 0.25) is 0 Å². The van der Waals surface area contributed by atoms with E-state index in [1.807, 2.05) is 36.4 Å². The zero-order valence-corrected chi connectivity index (χ0v) is 18.6. The smallest absolute Gasteiger partial charge is 0.191 e. The molecule has 2 aromatic rings. The van der Waals surface area contributed by atoms with Gasteiger partial charge in [-0.25, -0.2) is 8.42 Å². The van der Waals surface area contributed by atoms with E-state index < -0.39 is 9.84 Å². The van der Waals surface area contributed by atoms with E-state index in [1.54, 1.807) is 13.3 Å². The molecule has 1 aromatic heterocycles. The van der Waals surface area contributed by atoms with Crippen molar-refractivity contribution in [2.24, 2.45) is 4.99 Å². The molecular weight excluding hydrogens is 400 g/mol. The molecule has 0 aliphatic carbocycles. The van der Waals surface area contributed by atoms with Gasteiger partial charge in [-0.2, -0.15) is 0 Å². The summed E-state index contributed by atoms with van der Waals surface area (Å²) in [6.45, 7) is 3.48. The number of likely N-dealkylation sites (tertiary alicyclic amines) is 1. The van der Waals surface area contributed by atoms with Crippen molar-refractivity contribution in [1.82, 2.24) is 15.5 Å². The monoisotopic (exact) mass is 432 g/mol. The zero-order valence-electron chi connectivity index (χ0n) is 17.8. The summed E-state index contributed by atoms with van der Waals surface area (Å²) in [6.07, 6.45) is 6.71. The minimum atomic E-state index is -3.02. The first-order valence-electron chi connectivity index (χ1n) is 10.4. The fraction of sp³-hybridized carbons (Fsp3) is 0.500. The van der Waals surface area contributed by atoms with Crippen LogP contribution in [0, 0.1) is 0 Å². The third kappa shape index (κ3) is 6.88. The van der Waals surface area contributed by atoms with Gasteiger partial charge in [0.15, 0.2) is 15.8 Å². The van der Waals surface area contributed by atoms with Gasteiger partial charge in [0.1, 0.15) is 5.76 Å². The van der Waals surface area contributed by atoms with Crippen molar-refractivity contribution < 1.29 is 12.8 Å². The predicted molar refractivity (Wildman–Crippen MR) is 120 cm³/mol. The first kappa shape index (κ1) is 22.4. The molecule has 1 saturated heterocycles. The average molecular weight is 433 g/mol. The number of nitrogens with zero attached hydrogens (tertiary/aromatic N) is 2. The van der Waals surface area contributed by atoms with Gasteiger partial charge in [0.05, 0.1) is 18.1 Å². The van der Waals surface area contributed by atoms with Crippen LogP contribution in [0.1, 0.15) is 42.2 Å². The van der Waals surface area contributed by atoms with E-state index in [0.29, 0.717) is 13.1 Å². The molecule has 2 heterocycles. The number of piperidine rings is 1. The van der Waals surface area contributed by atoms with Crippen molar-refractivity contribution in [1.29, 1.82) is 0 Å². The second-order valence-electron chi connectivity index (χ2n) is 7.82. The molecule has 3 rings (SSSR count). The fourth-order valence-electron chi connectivity index (χ4n) is 3.78. The highest BCUT2D eigenvalue weighted by molar-refractivity contribution is 7.89. The summed E-state index contributed by atoms with van der Waals surface area (Å²) in [5.41, 5.74) is 1.86. The number of rotatable bonds is 8. The molecule has 0 saturated carbocycles. The van der Waals surface area contributed by atoms with Gasteiger partial charge < -0.3 is 15.1 Å². The molecular formula is C22H32N4O3S. The van der Waals surface area contributed by atoms with E-state index in [0.717, 1.165) is 35.9 Å². The number of hydrogen-bond donors (Lipinski definition) is 2. The van der Waals surface area contributed by atoms with E-state index in [1.165, 1.54) is 25.5 Å². The first-order valence-corrected chi connectivity index (χ1v) is 12.5. The van der Waals surface area contributed by atoms with E-state index in [4.69, 9.17) is 4.42 Å². The maximum absolute atomic E-state index is 11.4. The molecule has 1 atom stereocenters. The molecule has 0 spiro atoms. The Labute approximate surface area is 179 Å². The Morgan fingerprint density at radius 3 is 2.40 bits per heavy atom. The van der Waals surface area contributed by atoms with Crippen LogP contribution in [-0.2, 0) is 22.1 Å². The highest BCUT2D eigenvalue weighted by atomic mass is 32.2. The Bertz CT molecular complexity index is 902. The largest absolute Gasteiger partial charge is 0.468 e. The zero-order chi connectivity index (χ0) is 21.4. The lowest BCUT2D eigenvalue weighted by Crippen LogP contribution is -2.44. The van der Waals surface area contributed by atoms with Crippen LogP contribution in [-0.4, -0.2) is 52.2 Å². The molecule has 7 nitrogen and oxygen atoms in total. The Morgan fingerprint density at radius 1 is 1.10 bits per heavy atom. The summed E-state index contributed by atoms with van der Waals surface area (Å²) in [5.74, 6) is 1.76. The minimum Gasteiger partial charge on any atom is -0.468 e. The fourth-order valence-corrected chi connectivity index (χ4v) is 4.57. The summed E-state index contributed by atoms with van der Waals surface area (Å²) in [7, 11) is -1.26. The number of nitrogens with one attached hydrogen (secondary N) is 2. The average Bonchev–Trinajstić information content (AvgIpc) is 3.26. The van der Waals surface area contributed by atoms with Crippen LogP contribution < -0.4 is 10.6 Å². The number of furan rings is 1. The molecule has 8 heteroatoms. The van der Waals surface area contributed by atoms with Crippen LogP contribution in [0.5, 0.6) is 0 Å². The molecule has 2 N–H and O–H groups in total. The van der Waals surface area contributed by atoms with Gasteiger partial charge in [-0.3, -0.25) is 9.89 Å². The molecule has 1 aliphatic rings. The minimum absolute atomic E-state index is 0.0641. The van der Waals surface area contributed by atoms with Gasteiger partial charge >= 0.3 is 0 Å². The van der Waals surface area contributed by atoms with Gasteiger partial charge in [-0.1, -0.05) is 30.7 Å². The predicted octanol–water partition coefficient (Wildman–Crippen LogP) is 2.72. The van der Waals surface area contributed by atoms with Crippen molar-refractivity contribution in [3.63, 3.8) is 0 Å². The molecule has 0 amide bonds. The summed E-state index contributed by atoms with van der Waals surface area (Å²) in [5, 5.41) is 6.75. The number of hydrogen-bond acceptors (Lipinski definition) is 5. The highest BCUT2D eigenvalue weighted by Gasteiger charge is 2.24. The van der Waals surface area contributed by atoms with Crippen molar-refractivity contribution in [2.75, 3.05) is 32.9 Å². The second-order valence-corrected chi connectivity index (χ2v) is 9.96. The third-order valence-electron chi connectivity index (χ3n) is 5.30. The van der Waals surface area contributed by atoms with Gasteiger partial charge in [-0.05, 0) is 49.2 Å². The van der Waals surface area contributed by atoms with Crippen molar-refractivity contribution in [2.45, 2.75) is 37.6 Å². The standard InChI is InChI=1S/C22H32N4O3S/c1-23-22(24-15-18-8-10-19(11-9-18)17-30(2,27)28)25-16-20(21-7-6-14-29-21)26-12-4-3-5-13-26/h6-11,14,20H,3-5,12-13,15-17H2,1-2H3,(H2,23,24,25). The topological polar surface area (TPSA) is 86.9 Å². The Kier molecular flexibility index (Phi) is 7.93. The number of guanidine groups is 1. The maximum Gasteiger partial charge on any atom is 0.191 e. The summed E-state index contributed by atoms with van der Waals surface area (Å²) >= 11 is 0. The summed E-state index contributed by atoms with van der Waals surface area (Å²) in [4.78, 5) is 6.81. The van der Waals surface area contributed by atoms with E-state index in [9.17, 15) is 8.42 Å². The molecule has 30 heavy (non-hydrogen) atoms. The van der Waals surface area contributed by atoms with E-state index in [2.05, 4.69) is 20.5 Å². The SMILES string of the molecule is CN=C(NCc1ccc(CS(C)(=O)=O)cc1)NCC(c1ccco1)N1CCCCC1. The van der Waals surface area contributed by atoms with Crippen molar-refractivity contribution in [3.8, 4) is 0 Å². The number of benzene rings is 1. The second kappa shape index (κ2) is 10.6. The normalized spacial score (nSPS) is 16.9. The Morgan fingerprint density at radius 2 is 1.80 bits per heavy atom. The van der Waals surface area contributed by atoms with Gasteiger partial charge in [0, 0.05) is 26.4 Å². The van der Waals surface area contributed by atoms with Crippen LogP contribution in [0.3, 0.4) is 0 Å². The van der Waals surface area contributed by atoms with Crippen molar-refractivity contribution >= 4 is 15.8 Å². The maximum atomic E-state index is 11.4. The lowest BCUT2D eigenvalue weighted by atomic mass is 10.1. The van der Waals surface area contributed by atoms with Crippen LogP contribution in [0.25, 0.3) is 0 Å². The highest BCUT2D eigenvalue weighted by Crippen LogP contribution is 2.24. The van der Waals surface area contributed by atoms with Crippen LogP contribution in [0.2, 0.25) is 0 Å². The van der Waals surface area contributed by atoms with E-state index in [-0.39, 0.29) is 11.8 Å². The summed E-state index contributed by atoms with van der Waals surface area (Å²) < 4.78 is 28.5. The van der Waals surface area contributed by atoms with Crippen molar-refractivity contribution in [3.05, 3.63) is 59.5 Å². The molecule has 1 unspecified atom stereocenters. The molecule has 1 fully saturated rings. The summed E-state index contributed by atoms with van der Waals surface area (Å²) in [6, 6.07) is 11.8. The molecule has 0 bridgehead atoms. The molecule has 0 radical (unpaired) electrons. The van der Waals surface area contributed by atoms with Crippen LogP contribution >= 0.6 is 0 Å². The molecule has 1 aliphatic heterocycles. The lowest BCUT2D eigenvalue weighted by Gasteiger charge is -2.33.